The van der Waals surface area contributed by atoms with Crippen molar-refractivity contribution in [1.82, 2.24) is 8.75 Å². The number of nitrogens with zero attached hydrogens (tertiary/aromatic N) is 2. The summed E-state index contributed by atoms with van der Waals surface area (Å²) in [7, 11) is 0. The van der Waals surface area contributed by atoms with Crippen LogP contribution in [0.15, 0.2) is 24.3 Å². The third-order valence-corrected chi connectivity index (χ3v) is 3.75. The van der Waals surface area contributed by atoms with Crippen molar-refractivity contribution in [3.8, 4) is 0 Å². The molecule has 1 aromatic heterocycles. The first-order chi connectivity index (χ1) is 9.54. The Labute approximate surface area is 127 Å². The molecule has 102 valence electrons. The van der Waals surface area contributed by atoms with Crippen molar-refractivity contribution in [2.45, 2.75) is 0 Å². The first-order valence-corrected chi connectivity index (χ1v) is 6.96. The van der Waals surface area contributed by atoms with E-state index in [0.29, 0.717) is 38.1 Å². The van der Waals surface area contributed by atoms with Crippen molar-refractivity contribution in [1.29, 1.82) is 0 Å². The highest BCUT2D eigenvalue weighted by Crippen LogP contribution is 2.37. The molecule has 0 aliphatic rings. The number of nitrogens with one attached hydrogen (secondary N) is 1. The van der Waals surface area contributed by atoms with E-state index < -0.39 is 5.82 Å². The van der Waals surface area contributed by atoms with Gasteiger partial charge in [-0.2, -0.15) is 8.75 Å². The third-order valence-electron chi connectivity index (χ3n) is 2.63. The van der Waals surface area contributed by atoms with Crippen molar-refractivity contribution in [2.75, 3.05) is 11.1 Å². The molecular formula is C12H7Cl2FN4S. The molecular weight excluding hydrogens is 322 g/mol. The van der Waals surface area contributed by atoms with E-state index in [9.17, 15) is 4.39 Å². The minimum absolute atomic E-state index is 0.310. The highest BCUT2D eigenvalue weighted by molar-refractivity contribution is 7.00. The van der Waals surface area contributed by atoms with E-state index in [1.807, 2.05) is 0 Å². The molecule has 3 rings (SSSR count). The molecule has 0 radical (unpaired) electrons. The van der Waals surface area contributed by atoms with E-state index in [1.54, 1.807) is 12.1 Å². The van der Waals surface area contributed by atoms with Crippen LogP contribution in [0.1, 0.15) is 0 Å². The Morgan fingerprint density at radius 1 is 1.05 bits per heavy atom. The van der Waals surface area contributed by atoms with E-state index in [2.05, 4.69) is 14.1 Å². The molecule has 8 heteroatoms. The van der Waals surface area contributed by atoms with Gasteiger partial charge < -0.3 is 11.1 Å². The standard InChI is InChI=1S/C12H7Cl2FN4S/c13-8-4-9(14)11-12(19-20-18-11)10(8)17-7-2-5(15)1-6(16)3-7/h1-4,17H,16H2. The van der Waals surface area contributed by atoms with Gasteiger partial charge in [0.25, 0.3) is 0 Å². The van der Waals surface area contributed by atoms with Crippen LogP contribution in [0.2, 0.25) is 10.0 Å². The van der Waals surface area contributed by atoms with Crippen LogP contribution in [0, 0.1) is 5.82 Å². The van der Waals surface area contributed by atoms with Crippen LogP contribution in [0.5, 0.6) is 0 Å². The number of anilines is 3. The molecule has 4 nitrogen and oxygen atoms in total. The zero-order valence-corrected chi connectivity index (χ0v) is 12.2. The summed E-state index contributed by atoms with van der Waals surface area (Å²) in [5, 5.41) is 3.80. The minimum atomic E-state index is -0.440. The number of nitrogen functional groups attached to an aromatic ring is 1. The molecule has 0 aliphatic heterocycles. The van der Waals surface area contributed by atoms with Gasteiger partial charge in [-0.3, -0.25) is 0 Å². The molecule has 0 unspecified atom stereocenters. The van der Waals surface area contributed by atoms with E-state index in [4.69, 9.17) is 28.9 Å². The predicted octanol–water partition coefficient (Wildman–Crippen LogP) is 4.46. The summed E-state index contributed by atoms with van der Waals surface area (Å²) in [6.07, 6.45) is 0. The van der Waals surface area contributed by atoms with Crippen molar-refractivity contribution < 1.29 is 4.39 Å². The van der Waals surface area contributed by atoms with Gasteiger partial charge in [0, 0.05) is 11.4 Å². The topological polar surface area (TPSA) is 63.8 Å². The van der Waals surface area contributed by atoms with Gasteiger partial charge in [0.2, 0.25) is 0 Å². The zero-order valence-electron chi connectivity index (χ0n) is 9.82. The normalized spacial score (nSPS) is 10.9. The van der Waals surface area contributed by atoms with Gasteiger partial charge in [0.05, 0.1) is 27.5 Å². The number of nitrogens with two attached hydrogens (primary N) is 1. The van der Waals surface area contributed by atoms with E-state index in [0.717, 1.165) is 11.7 Å². The molecule has 0 spiro atoms. The largest absolute Gasteiger partial charge is 0.399 e. The van der Waals surface area contributed by atoms with Gasteiger partial charge in [-0.05, 0) is 24.3 Å². The molecule has 0 saturated carbocycles. The Balaban J connectivity index is 2.13. The lowest BCUT2D eigenvalue weighted by atomic mass is 10.2. The predicted molar refractivity (Wildman–Crippen MR) is 81.5 cm³/mol. The van der Waals surface area contributed by atoms with Gasteiger partial charge in [0.1, 0.15) is 16.9 Å². The lowest BCUT2D eigenvalue weighted by Gasteiger charge is -2.10. The van der Waals surface area contributed by atoms with E-state index >= 15 is 0 Å². The molecule has 3 N–H and O–H groups in total. The van der Waals surface area contributed by atoms with Crippen molar-refractivity contribution in [2.24, 2.45) is 0 Å². The first kappa shape index (κ1) is 13.4. The van der Waals surface area contributed by atoms with Gasteiger partial charge in [-0.15, -0.1) is 0 Å². The number of aromatic nitrogens is 2. The first-order valence-electron chi connectivity index (χ1n) is 5.48. The third kappa shape index (κ3) is 2.37. The molecule has 2 aromatic carbocycles. The van der Waals surface area contributed by atoms with Gasteiger partial charge in [0.15, 0.2) is 0 Å². The quantitative estimate of drug-likeness (QED) is 0.681. The summed E-state index contributed by atoms with van der Waals surface area (Å²) >= 11 is 13.2. The molecule has 0 fully saturated rings. The maximum atomic E-state index is 13.3. The van der Waals surface area contributed by atoms with Crippen molar-refractivity contribution in [3.63, 3.8) is 0 Å². The smallest absolute Gasteiger partial charge is 0.131 e. The minimum Gasteiger partial charge on any atom is -0.399 e. The second kappa shape index (κ2) is 5.05. The highest BCUT2D eigenvalue weighted by Gasteiger charge is 2.14. The van der Waals surface area contributed by atoms with Crippen LogP contribution in [0.4, 0.5) is 21.5 Å². The molecule has 0 saturated heterocycles. The zero-order chi connectivity index (χ0) is 14.3. The Morgan fingerprint density at radius 3 is 2.55 bits per heavy atom. The lowest BCUT2D eigenvalue weighted by molar-refractivity contribution is 0.629. The molecule has 20 heavy (non-hydrogen) atoms. The lowest BCUT2D eigenvalue weighted by Crippen LogP contribution is -1.96. The SMILES string of the molecule is Nc1cc(F)cc(Nc2c(Cl)cc(Cl)c3nsnc23)c1. The monoisotopic (exact) mass is 328 g/mol. The molecule has 0 atom stereocenters. The summed E-state index contributed by atoms with van der Waals surface area (Å²) in [5.74, 6) is -0.440. The Bertz CT molecular complexity index is 785. The van der Waals surface area contributed by atoms with Crippen LogP contribution >= 0.6 is 34.9 Å². The maximum Gasteiger partial charge on any atom is 0.131 e. The van der Waals surface area contributed by atoms with Crippen LogP contribution < -0.4 is 11.1 Å². The van der Waals surface area contributed by atoms with Crippen LogP contribution in [-0.2, 0) is 0 Å². The molecule has 1 heterocycles. The fourth-order valence-electron chi connectivity index (χ4n) is 1.82. The van der Waals surface area contributed by atoms with E-state index in [1.165, 1.54) is 12.1 Å². The van der Waals surface area contributed by atoms with Gasteiger partial charge in [-0.1, -0.05) is 23.2 Å². The second-order valence-electron chi connectivity index (χ2n) is 4.07. The summed E-state index contributed by atoms with van der Waals surface area (Å²) < 4.78 is 21.6. The average molecular weight is 329 g/mol. The van der Waals surface area contributed by atoms with Gasteiger partial charge in [-0.25, -0.2) is 4.39 Å². The fraction of sp³-hybridized carbons (Fsp3) is 0. The number of halogens is 3. The number of benzene rings is 2. The van der Waals surface area contributed by atoms with Crippen LogP contribution in [0.25, 0.3) is 11.0 Å². The maximum absolute atomic E-state index is 13.3. The fourth-order valence-corrected chi connectivity index (χ4v) is 2.98. The van der Waals surface area contributed by atoms with E-state index in [-0.39, 0.29) is 0 Å². The summed E-state index contributed by atoms with van der Waals surface area (Å²) in [4.78, 5) is 0. The van der Waals surface area contributed by atoms with Crippen LogP contribution in [0.3, 0.4) is 0 Å². The molecule has 0 amide bonds. The van der Waals surface area contributed by atoms with Crippen LogP contribution in [-0.4, -0.2) is 8.75 Å². The average Bonchev–Trinajstić information content (AvgIpc) is 2.82. The summed E-state index contributed by atoms with van der Waals surface area (Å²) in [5.41, 5.74) is 8.00. The molecule has 0 bridgehead atoms. The summed E-state index contributed by atoms with van der Waals surface area (Å²) in [6.45, 7) is 0. The Hall–Kier alpha value is -1.63. The Kier molecular flexibility index (Phi) is 3.37. The second-order valence-corrected chi connectivity index (χ2v) is 5.42. The number of hydrogen-bond acceptors (Lipinski definition) is 5. The Morgan fingerprint density at radius 2 is 1.80 bits per heavy atom. The number of rotatable bonds is 2. The van der Waals surface area contributed by atoms with Gasteiger partial charge >= 0.3 is 0 Å². The summed E-state index contributed by atoms with van der Waals surface area (Å²) in [6, 6.07) is 5.71. The van der Waals surface area contributed by atoms with Crippen molar-refractivity contribution >= 4 is 63.0 Å². The van der Waals surface area contributed by atoms with Crippen molar-refractivity contribution in [3.05, 3.63) is 40.1 Å². The number of hydrogen-bond donors (Lipinski definition) is 2. The molecule has 3 aromatic rings. The number of fused-ring (bicyclic) bond motifs is 1. The highest BCUT2D eigenvalue weighted by atomic mass is 35.5. The molecule has 0 aliphatic carbocycles.